The lowest BCUT2D eigenvalue weighted by Crippen LogP contribution is -2.49. The van der Waals surface area contributed by atoms with Crippen molar-refractivity contribution in [3.8, 4) is 0 Å². The van der Waals surface area contributed by atoms with E-state index in [1.807, 2.05) is 0 Å². The third-order valence-electron chi connectivity index (χ3n) is 4.32. The Morgan fingerprint density at radius 3 is 2.12 bits per heavy atom. The zero-order valence-electron chi connectivity index (χ0n) is 10.4. The molecule has 3 heteroatoms. The van der Waals surface area contributed by atoms with E-state index < -0.39 is 0 Å². The summed E-state index contributed by atoms with van der Waals surface area (Å²) in [6.07, 6.45) is 4.72. The van der Waals surface area contributed by atoms with Crippen molar-refractivity contribution in [3.63, 3.8) is 0 Å². The molecular formula is C13H22BrNO. The van der Waals surface area contributed by atoms with Gasteiger partial charge in [0, 0.05) is 22.8 Å². The lowest BCUT2D eigenvalue weighted by molar-refractivity contribution is -0.140. The number of piperidine rings is 1. The Bertz CT molecular complexity index is 265. The SMILES string of the molecule is CC(C)C(C)C(=O)N1C2CCC1CC(Br)C2. The Labute approximate surface area is 107 Å². The van der Waals surface area contributed by atoms with Crippen molar-refractivity contribution in [1.29, 1.82) is 0 Å². The highest BCUT2D eigenvalue weighted by Crippen LogP contribution is 2.39. The molecule has 1 amide bonds. The second kappa shape index (κ2) is 4.67. The minimum absolute atomic E-state index is 0.176. The van der Waals surface area contributed by atoms with E-state index in [9.17, 15) is 4.79 Å². The van der Waals surface area contributed by atoms with Gasteiger partial charge < -0.3 is 4.90 Å². The van der Waals surface area contributed by atoms with Crippen molar-refractivity contribution in [2.75, 3.05) is 0 Å². The van der Waals surface area contributed by atoms with Crippen LogP contribution < -0.4 is 0 Å². The summed E-state index contributed by atoms with van der Waals surface area (Å²) in [6, 6.07) is 1.02. The highest BCUT2D eigenvalue weighted by molar-refractivity contribution is 9.09. The second-order valence-corrected chi connectivity index (χ2v) is 7.03. The number of fused-ring (bicyclic) bond motifs is 2. The average molecular weight is 288 g/mol. The van der Waals surface area contributed by atoms with Gasteiger partial charge in [0.05, 0.1) is 0 Å². The lowest BCUT2D eigenvalue weighted by atomic mass is 9.93. The van der Waals surface area contributed by atoms with Crippen molar-refractivity contribution in [3.05, 3.63) is 0 Å². The summed E-state index contributed by atoms with van der Waals surface area (Å²) in [5.41, 5.74) is 0. The number of hydrogen-bond donors (Lipinski definition) is 0. The molecular weight excluding hydrogens is 266 g/mol. The van der Waals surface area contributed by atoms with Gasteiger partial charge in [-0.2, -0.15) is 0 Å². The van der Waals surface area contributed by atoms with Crippen LogP contribution in [0, 0.1) is 11.8 Å². The van der Waals surface area contributed by atoms with Crippen molar-refractivity contribution < 1.29 is 4.79 Å². The molecule has 0 saturated carbocycles. The van der Waals surface area contributed by atoms with E-state index in [1.165, 1.54) is 12.8 Å². The molecule has 2 nitrogen and oxygen atoms in total. The molecule has 2 aliphatic heterocycles. The highest BCUT2D eigenvalue weighted by Gasteiger charge is 2.43. The smallest absolute Gasteiger partial charge is 0.226 e. The molecule has 0 radical (unpaired) electrons. The van der Waals surface area contributed by atoms with Gasteiger partial charge in [-0.1, -0.05) is 36.7 Å². The first-order chi connectivity index (χ1) is 7.50. The summed E-state index contributed by atoms with van der Waals surface area (Å²) < 4.78 is 0. The standard InChI is InChI=1S/C13H22BrNO/c1-8(2)9(3)13(16)15-11-4-5-12(15)7-10(14)6-11/h8-12H,4-7H2,1-3H3. The summed E-state index contributed by atoms with van der Waals surface area (Å²) in [7, 11) is 0. The summed E-state index contributed by atoms with van der Waals surface area (Å²) in [6.45, 7) is 6.36. The van der Waals surface area contributed by atoms with Crippen molar-refractivity contribution in [1.82, 2.24) is 4.90 Å². The van der Waals surface area contributed by atoms with Crippen LogP contribution in [0.3, 0.4) is 0 Å². The maximum atomic E-state index is 12.4. The maximum absolute atomic E-state index is 12.4. The van der Waals surface area contributed by atoms with Gasteiger partial charge in [0.1, 0.15) is 0 Å². The highest BCUT2D eigenvalue weighted by atomic mass is 79.9. The number of rotatable bonds is 2. The molecule has 0 N–H and O–H groups in total. The molecule has 2 aliphatic rings. The molecule has 0 spiro atoms. The zero-order chi connectivity index (χ0) is 11.9. The number of alkyl halides is 1. The number of nitrogens with zero attached hydrogens (tertiary/aromatic N) is 1. The van der Waals surface area contributed by atoms with Gasteiger partial charge in [-0.05, 0) is 31.6 Å². The normalized spacial score (nSPS) is 35.6. The number of halogens is 1. The monoisotopic (exact) mass is 287 g/mol. The van der Waals surface area contributed by atoms with E-state index in [0.717, 1.165) is 12.8 Å². The molecule has 16 heavy (non-hydrogen) atoms. The van der Waals surface area contributed by atoms with Gasteiger partial charge in [0.15, 0.2) is 0 Å². The van der Waals surface area contributed by atoms with Gasteiger partial charge in [-0.15, -0.1) is 0 Å². The lowest BCUT2D eigenvalue weighted by Gasteiger charge is -2.39. The zero-order valence-corrected chi connectivity index (χ0v) is 12.0. The van der Waals surface area contributed by atoms with Crippen LogP contribution in [0.4, 0.5) is 0 Å². The molecule has 0 aromatic carbocycles. The van der Waals surface area contributed by atoms with Gasteiger partial charge in [0.25, 0.3) is 0 Å². The Kier molecular flexibility index (Phi) is 3.62. The van der Waals surface area contributed by atoms with E-state index >= 15 is 0 Å². The van der Waals surface area contributed by atoms with Crippen LogP contribution in [-0.2, 0) is 4.79 Å². The van der Waals surface area contributed by atoms with Gasteiger partial charge in [0.2, 0.25) is 5.91 Å². The fourth-order valence-corrected chi connectivity index (χ4v) is 3.85. The van der Waals surface area contributed by atoms with Crippen molar-refractivity contribution >= 4 is 21.8 Å². The van der Waals surface area contributed by atoms with E-state index in [4.69, 9.17) is 0 Å². The first kappa shape index (κ1) is 12.4. The Balaban J connectivity index is 2.08. The fourth-order valence-electron chi connectivity index (χ4n) is 2.99. The number of hydrogen-bond acceptors (Lipinski definition) is 1. The number of carbonyl (C=O) groups is 1. The van der Waals surface area contributed by atoms with Crippen LogP contribution in [0.25, 0.3) is 0 Å². The van der Waals surface area contributed by atoms with Crippen LogP contribution in [-0.4, -0.2) is 27.7 Å². The molecule has 2 fully saturated rings. The quantitative estimate of drug-likeness (QED) is 0.715. The van der Waals surface area contributed by atoms with E-state index in [-0.39, 0.29) is 5.92 Å². The third kappa shape index (κ3) is 2.15. The molecule has 3 atom stereocenters. The van der Waals surface area contributed by atoms with Crippen molar-refractivity contribution in [2.24, 2.45) is 11.8 Å². The molecule has 0 aromatic heterocycles. The van der Waals surface area contributed by atoms with Crippen LogP contribution >= 0.6 is 15.9 Å². The fraction of sp³-hybridized carbons (Fsp3) is 0.923. The molecule has 0 aliphatic carbocycles. The third-order valence-corrected chi connectivity index (χ3v) is 5.07. The summed E-state index contributed by atoms with van der Waals surface area (Å²) in [5.74, 6) is 1.02. The minimum Gasteiger partial charge on any atom is -0.336 e. The largest absolute Gasteiger partial charge is 0.336 e. The predicted octanol–water partition coefficient (Wildman–Crippen LogP) is 3.20. The number of amides is 1. The van der Waals surface area contributed by atoms with Crippen LogP contribution in [0.15, 0.2) is 0 Å². The van der Waals surface area contributed by atoms with Gasteiger partial charge in [-0.3, -0.25) is 4.79 Å². The van der Waals surface area contributed by atoms with Crippen LogP contribution in [0.1, 0.15) is 46.5 Å². The molecule has 2 heterocycles. The Hall–Kier alpha value is -0.0500. The van der Waals surface area contributed by atoms with Crippen LogP contribution in [0.5, 0.6) is 0 Å². The molecule has 2 bridgehead atoms. The second-order valence-electron chi connectivity index (χ2n) is 5.73. The summed E-state index contributed by atoms with van der Waals surface area (Å²) in [5, 5.41) is 0. The first-order valence-electron chi connectivity index (χ1n) is 6.47. The Morgan fingerprint density at radius 2 is 1.69 bits per heavy atom. The van der Waals surface area contributed by atoms with E-state index in [1.54, 1.807) is 0 Å². The summed E-state index contributed by atoms with van der Waals surface area (Å²) in [4.78, 5) is 15.3. The molecule has 92 valence electrons. The molecule has 3 unspecified atom stereocenters. The number of carbonyl (C=O) groups excluding carboxylic acids is 1. The van der Waals surface area contributed by atoms with Gasteiger partial charge >= 0.3 is 0 Å². The van der Waals surface area contributed by atoms with E-state index in [2.05, 4.69) is 41.6 Å². The maximum Gasteiger partial charge on any atom is 0.226 e. The predicted molar refractivity (Wildman–Crippen MR) is 69.6 cm³/mol. The minimum atomic E-state index is 0.176. The average Bonchev–Trinajstić information content (AvgIpc) is 2.49. The van der Waals surface area contributed by atoms with E-state index in [0.29, 0.717) is 28.7 Å². The molecule has 2 rings (SSSR count). The van der Waals surface area contributed by atoms with Crippen molar-refractivity contribution in [2.45, 2.75) is 63.4 Å². The topological polar surface area (TPSA) is 20.3 Å². The molecule has 2 saturated heterocycles. The molecule has 0 aromatic rings. The Morgan fingerprint density at radius 1 is 1.19 bits per heavy atom. The first-order valence-corrected chi connectivity index (χ1v) is 7.38. The van der Waals surface area contributed by atoms with Gasteiger partial charge in [-0.25, -0.2) is 0 Å². The summed E-state index contributed by atoms with van der Waals surface area (Å²) >= 11 is 3.71. The van der Waals surface area contributed by atoms with Crippen LogP contribution in [0.2, 0.25) is 0 Å².